The molecule has 1 fully saturated rings. The van der Waals surface area contributed by atoms with Crippen LogP contribution < -0.4 is 16.8 Å². The van der Waals surface area contributed by atoms with Crippen molar-refractivity contribution >= 4 is 11.8 Å². The Labute approximate surface area is 117 Å². The maximum atomic E-state index is 12.1. The first-order valence-electron chi connectivity index (χ1n) is 6.88. The number of rotatable bonds is 4. The van der Waals surface area contributed by atoms with Crippen LogP contribution in [0.15, 0.2) is 18.3 Å². The standard InChI is InChI=1S/C14H20N4O2/c15-7-9-3-1-2-4-11(9)18-14(20)12-6-5-10(8-17-12)13(16)19/h5-6,8-9,11H,1-4,7,15H2,(H2,16,19)(H,18,20). The van der Waals surface area contributed by atoms with Crippen LogP contribution in [0.25, 0.3) is 0 Å². The fourth-order valence-corrected chi connectivity index (χ4v) is 2.60. The predicted molar refractivity (Wildman–Crippen MR) is 75.0 cm³/mol. The molecular formula is C14H20N4O2. The Morgan fingerprint density at radius 3 is 2.65 bits per heavy atom. The first-order valence-corrected chi connectivity index (χ1v) is 6.88. The summed E-state index contributed by atoms with van der Waals surface area (Å²) in [7, 11) is 0. The second-order valence-corrected chi connectivity index (χ2v) is 5.16. The minimum atomic E-state index is -0.556. The van der Waals surface area contributed by atoms with Gasteiger partial charge in [-0.05, 0) is 37.4 Å². The second-order valence-electron chi connectivity index (χ2n) is 5.16. The van der Waals surface area contributed by atoms with Crippen LogP contribution in [0, 0.1) is 5.92 Å². The minimum absolute atomic E-state index is 0.110. The van der Waals surface area contributed by atoms with Crippen LogP contribution in [-0.2, 0) is 0 Å². The van der Waals surface area contributed by atoms with Gasteiger partial charge in [0, 0.05) is 12.2 Å². The number of nitrogens with one attached hydrogen (secondary N) is 1. The number of nitrogens with zero attached hydrogens (tertiary/aromatic N) is 1. The van der Waals surface area contributed by atoms with E-state index in [9.17, 15) is 9.59 Å². The lowest BCUT2D eigenvalue weighted by Crippen LogP contribution is -2.44. The Kier molecular flexibility index (Phi) is 4.68. The molecule has 6 heteroatoms. The lowest BCUT2D eigenvalue weighted by atomic mass is 9.84. The van der Waals surface area contributed by atoms with Gasteiger partial charge in [0.1, 0.15) is 5.69 Å². The molecule has 2 amide bonds. The van der Waals surface area contributed by atoms with Crippen molar-refractivity contribution in [2.24, 2.45) is 17.4 Å². The summed E-state index contributed by atoms with van der Waals surface area (Å²) >= 11 is 0. The van der Waals surface area contributed by atoms with Crippen LogP contribution in [0.2, 0.25) is 0 Å². The third-order valence-corrected chi connectivity index (χ3v) is 3.81. The number of carbonyl (C=O) groups is 2. The number of hydrogen-bond acceptors (Lipinski definition) is 4. The topological polar surface area (TPSA) is 111 Å². The quantitative estimate of drug-likeness (QED) is 0.740. The van der Waals surface area contributed by atoms with Crippen LogP contribution in [0.4, 0.5) is 0 Å². The van der Waals surface area contributed by atoms with Crippen LogP contribution >= 0.6 is 0 Å². The smallest absolute Gasteiger partial charge is 0.270 e. The van der Waals surface area contributed by atoms with Gasteiger partial charge in [-0.2, -0.15) is 0 Å². The molecule has 0 aliphatic heterocycles. The van der Waals surface area contributed by atoms with Crippen molar-refractivity contribution in [2.75, 3.05) is 6.54 Å². The molecule has 0 radical (unpaired) electrons. The third kappa shape index (κ3) is 3.33. The van der Waals surface area contributed by atoms with Crippen molar-refractivity contribution < 1.29 is 9.59 Å². The molecule has 6 nitrogen and oxygen atoms in total. The molecule has 20 heavy (non-hydrogen) atoms. The van der Waals surface area contributed by atoms with E-state index in [1.54, 1.807) is 0 Å². The summed E-state index contributed by atoms with van der Waals surface area (Å²) in [6, 6.07) is 3.13. The zero-order valence-corrected chi connectivity index (χ0v) is 11.3. The first-order chi connectivity index (χ1) is 9.61. The van der Waals surface area contributed by atoms with E-state index in [0.29, 0.717) is 18.0 Å². The van der Waals surface area contributed by atoms with E-state index in [4.69, 9.17) is 11.5 Å². The lowest BCUT2D eigenvalue weighted by molar-refractivity contribution is 0.0901. The third-order valence-electron chi connectivity index (χ3n) is 3.81. The van der Waals surface area contributed by atoms with Gasteiger partial charge < -0.3 is 16.8 Å². The fraction of sp³-hybridized carbons (Fsp3) is 0.500. The summed E-state index contributed by atoms with van der Waals surface area (Å²) in [4.78, 5) is 27.0. The number of carbonyl (C=O) groups excluding carboxylic acids is 2. The lowest BCUT2D eigenvalue weighted by Gasteiger charge is -2.31. The van der Waals surface area contributed by atoms with E-state index < -0.39 is 5.91 Å². The van der Waals surface area contributed by atoms with Gasteiger partial charge in [0.05, 0.1) is 5.56 Å². The molecule has 0 bridgehead atoms. The highest BCUT2D eigenvalue weighted by Gasteiger charge is 2.25. The van der Waals surface area contributed by atoms with E-state index in [2.05, 4.69) is 10.3 Å². The first kappa shape index (κ1) is 14.5. The van der Waals surface area contributed by atoms with Gasteiger partial charge in [-0.1, -0.05) is 12.8 Å². The van der Waals surface area contributed by atoms with Gasteiger partial charge in [0.15, 0.2) is 0 Å². The largest absolute Gasteiger partial charge is 0.366 e. The molecule has 108 valence electrons. The molecule has 0 aromatic carbocycles. The van der Waals surface area contributed by atoms with Crippen LogP contribution in [-0.4, -0.2) is 29.4 Å². The number of hydrogen-bond donors (Lipinski definition) is 3. The number of pyridine rings is 1. The number of nitrogens with two attached hydrogens (primary N) is 2. The Balaban J connectivity index is 2.01. The maximum absolute atomic E-state index is 12.1. The highest BCUT2D eigenvalue weighted by atomic mass is 16.2. The average Bonchev–Trinajstić information content (AvgIpc) is 2.48. The number of aromatic nitrogens is 1. The molecule has 1 heterocycles. The molecule has 0 saturated heterocycles. The summed E-state index contributed by atoms with van der Waals surface area (Å²) in [6.45, 7) is 0.582. The average molecular weight is 276 g/mol. The zero-order valence-electron chi connectivity index (χ0n) is 11.3. The highest BCUT2D eigenvalue weighted by Crippen LogP contribution is 2.23. The molecule has 2 atom stereocenters. The summed E-state index contributed by atoms with van der Waals surface area (Å²) < 4.78 is 0. The van der Waals surface area contributed by atoms with Crippen molar-refractivity contribution in [1.82, 2.24) is 10.3 Å². The van der Waals surface area contributed by atoms with Crippen molar-refractivity contribution in [1.29, 1.82) is 0 Å². The van der Waals surface area contributed by atoms with Gasteiger partial charge >= 0.3 is 0 Å². The monoisotopic (exact) mass is 276 g/mol. The van der Waals surface area contributed by atoms with Gasteiger partial charge in [-0.25, -0.2) is 0 Å². The van der Waals surface area contributed by atoms with E-state index in [1.165, 1.54) is 24.8 Å². The number of amides is 2. The van der Waals surface area contributed by atoms with Gasteiger partial charge in [0.25, 0.3) is 5.91 Å². The summed E-state index contributed by atoms with van der Waals surface area (Å²) in [6.07, 6.45) is 5.59. The molecule has 1 saturated carbocycles. The predicted octanol–water partition coefficient (Wildman–Crippen LogP) is 0.428. The molecule has 5 N–H and O–H groups in total. The van der Waals surface area contributed by atoms with Crippen molar-refractivity contribution in [2.45, 2.75) is 31.7 Å². The Morgan fingerprint density at radius 1 is 1.30 bits per heavy atom. The van der Waals surface area contributed by atoms with Crippen molar-refractivity contribution in [3.05, 3.63) is 29.6 Å². The summed E-state index contributed by atoms with van der Waals surface area (Å²) in [5.74, 6) is -0.455. The molecule has 0 spiro atoms. The van der Waals surface area contributed by atoms with Crippen molar-refractivity contribution in [3.8, 4) is 0 Å². The maximum Gasteiger partial charge on any atom is 0.270 e. The van der Waals surface area contributed by atoms with E-state index >= 15 is 0 Å². The molecule has 1 aromatic rings. The van der Waals surface area contributed by atoms with E-state index in [-0.39, 0.29) is 17.6 Å². The summed E-state index contributed by atoms with van der Waals surface area (Å²) in [5, 5.41) is 2.99. The highest BCUT2D eigenvalue weighted by molar-refractivity contribution is 5.95. The summed E-state index contributed by atoms with van der Waals surface area (Å²) in [5.41, 5.74) is 11.5. The van der Waals surface area contributed by atoms with E-state index in [1.807, 2.05) is 0 Å². The molecule has 1 aliphatic carbocycles. The van der Waals surface area contributed by atoms with Gasteiger partial charge in [-0.15, -0.1) is 0 Å². The van der Waals surface area contributed by atoms with Gasteiger partial charge in [0.2, 0.25) is 5.91 Å². The molecule has 2 rings (SSSR count). The zero-order chi connectivity index (χ0) is 14.5. The van der Waals surface area contributed by atoms with E-state index in [0.717, 1.165) is 19.3 Å². The van der Waals surface area contributed by atoms with Gasteiger partial charge in [-0.3, -0.25) is 14.6 Å². The second kappa shape index (κ2) is 6.47. The number of primary amides is 1. The van der Waals surface area contributed by atoms with Crippen LogP contribution in [0.5, 0.6) is 0 Å². The molecule has 1 aliphatic rings. The molecular weight excluding hydrogens is 256 g/mol. The molecule has 1 aromatic heterocycles. The van der Waals surface area contributed by atoms with Crippen LogP contribution in [0.1, 0.15) is 46.5 Å². The van der Waals surface area contributed by atoms with Crippen molar-refractivity contribution in [3.63, 3.8) is 0 Å². The minimum Gasteiger partial charge on any atom is -0.366 e. The fourth-order valence-electron chi connectivity index (χ4n) is 2.60. The molecule has 2 unspecified atom stereocenters. The van der Waals surface area contributed by atoms with Crippen LogP contribution in [0.3, 0.4) is 0 Å². The Bertz CT molecular complexity index is 486. The normalized spacial score (nSPS) is 22.2. The Hall–Kier alpha value is -1.95. The Morgan fingerprint density at radius 2 is 2.05 bits per heavy atom. The SMILES string of the molecule is NCC1CCCCC1NC(=O)c1ccc(C(N)=O)cn1.